The minimum Gasteiger partial charge on any atom is -0.352 e. The van der Waals surface area contributed by atoms with Crippen molar-refractivity contribution in [2.24, 2.45) is 0 Å². The van der Waals surface area contributed by atoms with Gasteiger partial charge in [-0.1, -0.05) is 67.3 Å². The molecule has 0 bridgehead atoms. The zero-order valence-corrected chi connectivity index (χ0v) is 22.6. The van der Waals surface area contributed by atoms with E-state index < -0.39 is 16.1 Å². The Hall–Kier alpha value is -2.42. The van der Waals surface area contributed by atoms with Gasteiger partial charge in [-0.3, -0.25) is 9.59 Å². The van der Waals surface area contributed by atoms with E-state index in [1.54, 1.807) is 48.2 Å². The van der Waals surface area contributed by atoms with Crippen LogP contribution in [0.5, 0.6) is 0 Å². The molecule has 9 heteroatoms. The minimum absolute atomic E-state index is 0.111. The lowest BCUT2D eigenvalue weighted by Crippen LogP contribution is -2.50. The van der Waals surface area contributed by atoms with Crippen LogP contribution < -0.4 is 5.32 Å². The predicted octanol–water partition coefficient (Wildman–Crippen LogP) is 4.61. The molecule has 0 aliphatic heterocycles. The maximum Gasteiger partial charge on any atom is 0.242 e. The Morgan fingerprint density at radius 3 is 2.33 bits per heavy atom. The van der Waals surface area contributed by atoms with Crippen molar-refractivity contribution in [1.82, 2.24) is 14.5 Å². The van der Waals surface area contributed by atoms with Crippen molar-refractivity contribution < 1.29 is 18.0 Å². The normalized spacial score (nSPS) is 15.4. The van der Waals surface area contributed by atoms with Gasteiger partial charge in [0.05, 0.1) is 4.90 Å². The first-order valence-electron chi connectivity index (χ1n) is 12.5. The van der Waals surface area contributed by atoms with Gasteiger partial charge in [-0.15, -0.1) is 0 Å². The van der Waals surface area contributed by atoms with E-state index in [0.29, 0.717) is 11.4 Å². The van der Waals surface area contributed by atoms with Gasteiger partial charge >= 0.3 is 0 Å². The number of hydrogen-bond acceptors (Lipinski definition) is 4. The van der Waals surface area contributed by atoms with Crippen LogP contribution in [0, 0.1) is 0 Å². The number of nitrogens with one attached hydrogen (secondary N) is 1. The smallest absolute Gasteiger partial charge is 0.242 e. The lowest BCUT2D eigenvalue weighted by molar-refractivity contribution is -0.141. The summed E-state index contributed by atoms with van der Waals surface area (Å²) in [6.45, 7) is 2.13. The van der Waals surface area contributed by atoms with E-state index in [-0.39, 0.29) is 42.3 Å². The fourth-order valence-electron chi connectivity index (χ4n) is 4.45. The summed E-state index contributed by atoms with van der Waals surface area (Å²) < 4.78 is 26.8. The van der Waals surface area contributed by atoms with Crippen LogP contribution in [0.2, 0.25) is 5.02 Å². The maximum absolute atomic E-state index is 13.3. The molecule has 1 atom stereocenters. The van der Waals surface area contributed by atoms with Gasteiger partial charge in [0, 0.05) is 37.6 Å². The molecule has 0 spiro atoms. The van der Waals surface area contributed by atoms with Crippen molar-refractivity contribution >= 4 is 33.4 Å². The highest BCUT2D eigenvalue weighted by Gasteiger charge is 2.29. The van der Waals surface area contributed by atoms with E-state index in [1.807, 2.05) is 18.2 Å². The van der Waals surface area contributed by atoms with Crippen molar-refractivity contribution in [3.05, 3.63) is 65.2 Å². The molecule has 1 unspecified atom stereocenters. The summed E-state index contributed by atoms with van der Waals surface area (Å²) in [5, 5.41) is 3.64. The van der Waals surface area contributed by atoms with E-state index in [2.05, 4.69) is 5.32 Å². The zero-order valence-electron chi connectivity index (χ0n) is 21.0. The highest BCUT2D eigenvalue weighted by Crippen LogP contribution is 2.21. The van der Waals surface area contributed by atoms with Crippen molar-refractivity contribution in [2.45, 2.75) is 75.4 Å². The minimum atomic E-state index is -3.63. The molecule has 2 aromatic rings. The highest BCUT2D eigenvalue weighted by atomic mass is 35.5. The second-order valence-corrected chi connectivity index (χ2v) is 11.8. The summed E-state index contributed by atoms with van der Waals surface area (Å²) in [6, 6.07) is 14.9. The number of sulfonamides is 1. The first-order valence-corrected chi connectivity index (χ1v) is 14.4. The Labute approximate surface area is 219 Å². The summed E-state index contributed by atoms with van der Waals surface area (Å²) in [6.07, 6.45) is 5.74. The van der Waals surface area contributed by atoms with Gasteiger partial charge in [0.2, 0.25) is 21.8 Å². The van der Waals surface area contributed by atoms with Crippen LogP contribution in [0.1, 0.15) is 57.4 Å². The Morgan fingerprint density at radius 2 is 1.67 bits per heavy atom. The molecule has 2 amide bonds. The molecular weight excluding hydrogens is 498 g/mol. The van der Waals surface area contributed by atoms with Crippen LogP contribution in [0.15, 0.2) is 59.5 Å². The second kappa shape index (κ2) is 13.2. The largest absolute Gasteiger partial charge is 0.352 e. The van der Waals surface area contributed by atoms with Crippen molar-refractivity contribution in [2.75, 3.05) is 13.6 Å². The van der Waals surface area contributed by atoms with E-state index in [9.17, 15) is 18.0 Å². The summed E-state index contributed by atoms with van der Waals surface area (Å²) in [7, 11) is -2.12. The number of carbonyl (C=O) groups is 2. The lowest BCUT2D eigenvalue weighted by Gasteiger charge is -2.31. The number of halogens is 1. The molecule has 2 aromatic carbocycles. The number of nitrogens with zero attached hydrogens (tertiary/aromatic N) is 2. The molecule has 0 heterocycles. The van der Waals surface area contributed by atoms with Gasteiger partial charge in [-0.25, -0.2) is 12.7 Å². The molecule has 1 aliphatic rings. The van der Waals surface area contributed by atoms with Crippen LogP contribution in [0.25, 0.3) is 0 Å². The molecule has 1 aliphatic carbocycles. The third-order valence-electron chi connectivity index (χ3n) is 6.73. The first-order chi connectivity index (χ1) is 17.2. The standard InChI is InChI=1S/C27H36ClN3O4S/c1-21(27(33)29-23-13-5-3-6-14-23)31(20-22-12-9-10-17-25(22)28)26(32)18-11-19-30(2)36(34,35)24-15-7-4-8-16-24/h4,7-10,12,15-17,21,23H,3,5-6,11,13-14,18-20H2,1-2H3,(H,29,33). The molecule has 196 valence electrons. The second-order valence-electron chi connectivity index (χ2n) is 9.38. The van der Waals surface area contributed by atoms with Gasteiger partial charge in [0.1, 0.15) is 6.04 Å². The number of benzene rings is 2. The number of amides is 2. The van der Waals surface area contributed by atoms with Crippen LogP contribution >= 0.6 is 11.6 Å². The summed E-state index contributed by atoms with van der Waals surface area (Å²) in [5.74, 6) is -0.391. The Morgan fingerprint density at radius 1 is 1.03 bits per heavy atom. The van der Waals surface area contributed by atoms with E-state index in [0.717, 1.165) is 31.2 Å². The fraction of sp³-hybridized carbons (Fsp3) is 0.481. The quantitative estimate of drug-likeness (QED) is 0.457. The van der Waals surface area contributed by atoms with Gasteiger partial charge < -0.3 is 10.2 Å². The Bertz CT molecular complexity index is 1120. The third kappa shape index (κ3) is 7.54. The lowest BCUT2D eigenvalue weighted by atomic mass is 9.95. The molecule has 1 fully saturated rings. The van der Waals surface area contributed by atoms with Crippen LogP contribution in [0.4, 0.5) is 0 Å². The zero-order chi connectivity index (χ0) is 26.1. The monoisotopic (exact) mass is 533 g/mol. The van der Waals surface area contributed by atoms with Crippen molar-refractivity contribution in [3.8, 4) is 0 Å². The van der Waals surface area contributed by atoms with Gasteiger partial charge in [-0.05, 0) is 49.9 Å². The topological polar surface area (TPSA) is 86.8 Å². The van der Waals surface area contributed by atoms with Crippen molar-refractivity contribution in [1.29, 1.82) is 0 Å². The highest BCUT2D eigenvalue weighted by molar-refractivity contribution is 7.89. The number of hydrogen-bond donors (Lipinski definition) is 1. The van der Waals surface area contributed by atoms with Crippen LogP contribution in [0.3, 0.4) is 0 Å². The molecule has 0 aromatic heterocycles. The number of rotatable bonds is 11. The summed E-state index contributed by atoms with van der Waals surface area (Å²) in [4.78, 5) is 28.2. The molecular formula is C27H36ClN3O4S. The molecule has 3 rings (SSSR count). The summed E-state index contributed by atoms with van der Waals surface area (Å²) in [5.41, 5.74) is 0.758. The van der Waals surface area contributed by atoms with E-state index in [1.165, 1.54) is 17.8 Å². The molecule has 0 saturated heterocycles. The van der Waals surface area contributed by atoms with E-state index >= 15 is 0 Å². The average Bonchev–Trinajstić information content (AvgIpc) is 2.88. The predicted molar refractivity (Wildman–Crippen MR) is 142 cm³/mol. The van der Waals surface area contributed by atoms with E-state index in [4.69, 9.17) is 11.6 Å². The molecule has 36 heavy (non-hydrogen) atoms. The Balaban J connectivity index is 1.66. The van der Waals surface area contributed by atoms with Gasteiger partial charge in [0.25, 0.3) is 0 Å². The third-order valence-corrected chi connectivity index (χ3v) is 8.97. The molecule has 1 saturated carbocycles. The van der Waals surface area contributed by atoms with Gasteiger partial charge in [-0.2, -0.15) is 0 Å². The van der Waals surface area contributed by atoms with Crippen LogP contribution in [-0.4, -0.2) is 55.1 Å². The molecule has 7 nitrogen and oxygen atoms in total. The molecule has 0 radical (unpaired) electrons. The summed E-state index contributed by atoms with van der Waals surface area (Å²) >= 11 is 6.36. The van der Waals surface area contributed by atoms with Gasteiger partial charge in [0.15, 0.2) is 0 Å². The average molecular weight is 534 g/mol. The number of carbonyl (C=O) groups excluding carboxylic acids is 2. The fourth-order valence-corrected chi connectivity index (χ4v) is 5.88. The first kappa shape index (κ1) is 28.2. The van der Waals surface area contributed by atoms with Crippen molar-refractivity contribution in [3.63, 3.8) is 0 Å². The Kier molecular flexibility index (Phi) is 10.3. The molecule has 1 N–H and O–H groups in total. The van der Waals surface area contributed by atoms with Crippen LogP contribution in [-0.2, 0) is 26.2 Å². The SMILES string of the molecule is CC(C(=O)NC1CCCCC1)N(Cc1ccccc1Cl)C(=O)CCCN(C)S(=O)(=O)c1ccccc1. The maximum atomic E-state index is 13.3.